The number of hydrogen-bond donors (Lipinski definition) is 0. The standard InChI is InChI=1S/C26H25ClN2O/c1-2-10-20-11-3-6-16-25(20)30-18-8-7-17-29-24-15-5-4-14-23(24)28-26(29)21-12-9-13-22(27)19-21/h2-6,9,11-16,19H,1,7-8,10,17-18H2. The van der Waals surface area contributed by atoms with Gasteiger partial charge in [0.1, 0.15) is 11.6 Å². The second-order valence-electron chi connectivity index (χ2n) is 7.24. The normalized spacial score (nSPS) is 11.0. The fourth-order valence-electron chi connectivity index (χ4n) is 3.67. The number of hydrogen-bond acceptors (Lipinski definition) is 2. The van der Waals surface area contributed by atoms with Crippen molar-refractivity contribution in [2.75, 3.05) is 6.61 Å². The van der Waals surface area contributed by atoms with E-state index < -0.39 is 0 Å². The lowest BCUT2D eigenvalue weighted by atomic mass is 10.1. The Kier molecular flexibility index (Phi) is 6.50. The first kappa shape index (κ1) is 20.2. The summed E-state index contributed by atoms with van der Waals surface area (Å²) in [6.07, 6.45) is 4.69. The van der Waals surface area contributed by atoms with Crippen molar-refractivity contribution in [3.8, 4) is 17.1 Å². The zero-order chi connectivity index (χ0) is 20.8. The minimum Gasteiger partial charge on any atom is -0.493 e. The summed E-state index contributed by atoms with van der Waals surface area (Å²) in [7, 11) is 0. The zero-order valence-corrected chi connectivity index (χ0v) is 17.7. The fourth-order valence-corrected chi connectivity index (χ4v) is 3.86. The molecule has 3 nitrogen and oxygen atoms in total. The Hall–Kier alpha value is -3.04. The lowest BCUT2D eigenvalue weighted by molar-refractivity contribution is 0.301. The van der Waals surface area contributed by atoms with Crippen LogP contribution in [0.1, 0.15) is 18.4 Å². The predicted octanol–water partition coefficient (Wildman–Crippen LogP) is 6.94. The van der Waals surface area contributed by atoms with Gasteiger partial charge in [0.15, 0.2) is 0 Å². The SMILES string of the molecule is C=CCc1ccccc1OCCCCn1c(-c2cccc(Cl)c2)nc2ccccc21. The predicted molar refractivity (Wildman–Crippen MR) is 125 cm³/mol. The molecule has 4 heteroatoms. The second-order valence-corrected chi connectivity index (χ2v) is 7.68. The monoisotopic (exact) mass is 416 g/mol. The molecular weight excluding hydrogens is 392 g/mol. The molecule has 0 N–H and O–H groups in total. The van der Waals surface area contributed by atoms with Crippen molar-refractivity contribution in [1.82, 2.24) is 9.55 Å². The summed E-state index contributed by atoms with van der Waals surface area (Å²) in [4.78, 5) is 4.87. The number of benzene rings is 3. The third kappa shape index (κ3) is 4.58. The second kappa shape index (κ2) is 9.64. The molecule has 30 heavy (non-hydrogen) atoms. The van der Waals surface area contributed by atoms with Gasteiger partial charge in [-0.15, -0.1) is 6.58 Å². The fraction of sp³-hybridized carbons (Fsp3) is 0.192. The van der Waals surface area contributed by atoms with Gasteiger partial charge in [-0.25, -0.2) is 4.98 Å². The van der Waals surface area contributed by atoms with Crippen LogP contribution in [-0.4, -0.2) is 16.2 Å². The highest BCUT2D eigenvalue weighted by Crippen LogP contribution is 2.27. The number of imidazole rings is 1. The summed E-state index contributed by atoms with van der Waals surface area (Å²) < 4.78 is 8.32. The topological polar surface area (TPSA) is 27.1 Å². The van der Waals surface area contributed by atoms with Crippen LogP contribution in [-0.2, 0) is 13.0 Å². The minimum atomic E-state index is 0.688. The van der Waals surface area contributed by atoms with Crippen molar-refractivity contribution < 1.29 is 4.74 Å². The summed E-state index contributed by atoms with van der Waals surface area (Å²) in [5.41, 5.74) is 4.36. The molecule has 4 aromatic rings. The Labute approximate surface area is 182 Å². The highest BCUT2D eigenvalue weighted by Gasteiger charge is 2.12. The quantitative estimate of drug-likeness (QED) is 0.218. The van der Waals surface area contributed by atoms with Crippen LogP contribution < -0.4 is 4.74 Å². The van der Waals surface area contributed by atoms with Gasteiger partial charge in [-0.1, -0.05) is 60.1 Å². The van der Waals surface area contributed by atoms with E-state index in [9.17, 15) is 0 Å². The van der Waals surface area contributed by atoms with Gasteiger partial charge in [0.25, 0.3) is 0 Å². The molecular formula is C26H25ClN2O. The molecule has 0 saturated carbocycles. The number of nitrogens with zero attached hydrogens (tertiary/aromatic N) is 2. The van der Waals surface area contributed by atoms with Crippen LogP contribution >= 0.6 is 11.6 Å². The Balaban J connectivity index is 1.45. The average Bonchev–Trinajstić information content (AvgIpc) is 3.13. The molecule has 0 radical (unpaired) electrons. The van der Waals surface area contributed by atoms with Gasteiger partial charge in [-0.3, -0.25) is 0 Å². The van der Waals surface area contributed by atoms with Gasteiger partial charge in [-0.2, -0.15) is 0 Å². The molecule has 0 bridgehead atoms. The number of unbranched alkanes of at least 4 members (excludes halogenated alkanes) is 1. The molecule has 0 aliphatic carbocycles. The summed E-state index contributed by atoms with van der Waals surface area (Å²) in [6, 6.07) is 24.3. The third-order valence-electron chi connectivity index (χ3n) is 5.11. The maximum Gasteiger partial charge on any atom is 0.141 e. The summed E-state index contributed by atoms with van der Waals surface area (Å²) in [5, 5.41) is 0.720. The van der Waals surface area contributed by atoms with E-state index in [-0.39, 0.29) is 0 Å². The summed E-state index contributed by atoms with van der Waals surface area (Å²) in [5.74, 6) is 1.90. The van der Waals surface area contributed by atoms with Crippen LogP contribution in [0, 0.1) is 0 Å². The number of ether oxygens (including phenoxy) is 1. The molecule has 3 aromatic carbocycles. The first-order valence-corrected chi connectivity index (χ1v) is 10.7. The number of rotatable bonds is 9. The number of aryl methyl sites for hydroxylation is 1. The van der Waals surface area contributed by atoms with Crippen molar-refractivity contribution in [3.63, 3.8) is 0 Å². The van der Waals surface area contributed by atoms with Crippen LogP contribution in [0.25, 0.3) is 22.4 Å². The van der Waals surface area contributed by atoms with Gasteiger partial charge in [0.05, 0.1) is 17.6 Å². The molecule has 1 heterocycles. The molecule has 0 saturated heterocycles. The van der Waals surface area contributed by atoms with Gasteiger partial charge in [-0.05, 0) is 55.2 Å². The van der Waals surface area contributed by atoms with E-state index in [2.05, 4.69) is 41.5 Å². The van der Waals surface area contributed by atoms with Crippen molar-refractivity contribution >= 4 is 22.6 Å². The van der Waals surface area contributed by atoms with E-state index >= 15 is 0 Å². The highest BCUT2D eigenvalue weighted by molar-refractivity contribution is 6.30. The molecule has 0 spiro atoms. The molecule has 0 aliphatic heterocycles. The number of fused-ring (bicyclic) bond motifs is 1. The van der Waals surface area contributed by atoms with Crippen molar-refractivity contribution in [3.05, 3.63) is 96.0 Å². The Morgan fingerprint density at radius 1 is 0.967 bits per heavy atom. The van der Waals surface area contributed by atoms with Crippen LogP contribution in [0.4, 0.5) is 0 Å². The summed E-state index contributed by atoms with van der Waals surface area (Å²) in [6.45, 7) is 5.39. The first-order valence-electron chi connectivity index (χ1n) is 10.3. The molecule has 0 amide bonds. The lowest BCUT2D eigenvalue weighted by Crippen LogP contribution is -2.05. The minimum absolute atomic E-state index is 0.688. The molecule has 0 fully saturated rings. The molecule has 4 rings (SSSR count). The van der Waals surface area contributed by atoms with Crippen molar-refractivity contribution in [2.45, 2.75) is 25.8 Å². The number of para-hydroxylation sites is 3. The van der Waals surface area contributed by atoms with Gasteiger partial charge < -0.3 is 9.30 Å². The summed E-state index contributed by atoms with van der Waals surface area (Å²) >= 11 is 6.23. The number of halogens is 1. The Morgan fingerprint density at radius 2 is 1.80 bits per heavy atom. The zero-order valence-electron chi connectivity index (χ0n) is 16.9. The first-order chi connectivity index (χ1) is 14.8. The van der Waals surface area contributed by atoms with Crippen LogP contribution in [0.15, 0.2) is 85.5 Å². The molecule has 0 atom stereocenters. The molecule has 1 aromatic heterocycles. The maximum absolute atomic E-state index is 6.23. The van der Waals surface area contributed by atoms with Gasteiger partial charge >= 0.3 is 0 Å². The molecule has 0 aliphatic rings. The van der Waals surface area contributed by atoms with E-state index in [4.69, 9.17) is 21.3 Å². The molecule has 152 valence electrons. The van der Waals surface area contributed by atoms with Gasteiger partial charge in [0, 0.05) is 17.1 Å². The molecule has 0 unspecified atom stereocenters. The Morgan fingerprint density at radius 3 is 2.67 bits per heavy atom. The van der Waals surface area contributed by atoms with E-state index in [1.54, 1.807) is 0 Å². The van der Waals surface area contributed by atoms with E-state index in [0.717, 1.165) is 59.0 Å². The van der Waals surface area contributed by atoms with E-state index in [1.165, 1.54) is 5.56 Å². The van der Waals surface area contributed by atoms with Gasteiger partial charge in [0.2, 0.25) is 0 Å². The third-order valence-corrected chi connectivity index (χ3v) is 5.34. The number of allylic oxidation sites excluding steroid dienone is 1. The highest BCUT2D eigenvalue weighted by atomic mass is 35.5. The van der Waals surface area contributed by atoms with Crippen molar-refractivity contribution in [1.29, 1.82) is 0 Å². The van der Waals surface area contributed by atoms with Crippen LogP contribution in [0.3, 0.4) is 0 Å². The van der Waals surface area contributed by atoms with Crippen LogP contribution in [0.2, 0.25) is 5.02 Å². The average molecular weight is 417 g/mol. The maximum atomic E-state index is 6.23. The Bertz CT molecular complexity index is 1150. The van der Waals surface area contributed by atoms with Crippen molar-refractivity contribution in [2.24, 2.45) is 0 Å². The van der Waals surface area contributed by atoms with E-state index in [0.29, 0.717) is 6.61 Å². The largest absolute Gasteiger partial charge is 0.493 e. The van der Waals surface area contributed by atoms with E-state index in [1.807, 2.05) is 48.5 Å². The lowest BCUT2D eigenvalue weighted by Gasteiger charge is -2.12. The smallest absolute Gasteiger partial charge is 0.141 e. The van der Waals surface area contributed by atoms with Crippen LogP contribution in [0.5, 0.6) is 5.75 Å². The number of aromatic nitrogens is 2.